The summed E-state index contributed by atoms with van der Waals surface area (Å²) in [4.78, 5) is 24.9. The smallest absolute Gasteiger partial charge is 0.419 e. The third-order valence-electron chi connectivity index (χ3n) is 10.5. The average molecular weight is 770 g/mol. The van der Waals surface area contributed by atoms with E-state index in [0.717, 1.165) is 6.07 Å². The van der Waals surface area contributed by atoms with E-state index < -0.39 is 109 Å². The van der Waals surface area contributed by atoms with Gasteiger partial charge < -0.3 is 25.4 Å². The van der Waals surface area contributed by atoms with E-state index in [1.807, 2.05) is 4.90 Å². The Hall–Kier alpha value is -4.54. The molecule has 3 N–H and O–H groups in total. The number of β-amino-alcohol motifs (C(OH)–C–C–N with tert-alkyl or cyclic N) is 1. The van der Waals surface area contributed by atoms with E-state index in [9.17, 15) is 19.6 Å². The molecule has 3 fully saturated rings. The molecule has 4 aromatic rings. The molecular weight excluding hydrogens is 738 g/mol. The van der Waals surface area contributed by atoms with Crippen LogP contribution in [0.15, 0.2) is 18.2 Å². The van der Waals surface area contributed by atoms with E-state index in [4.69, 9.17) is 10.5 Å². The molecule has 3 aliphatic heterocycles. The number of carbonyl (C=O) groups is 1. The number of hydrogen-bond donors (Lipinski definition) is 2. The number of likely N-dealkylation sites (tertiary alicyclic amines) is 1. The second-order valence-electron chi connectivity index (χ2n) is 13.7. The summed E-state index contributed by atoms with van der Waals surface area (Å²) < 4.78 is 127. The van der Waals surface area contributed by atoms with Crippen molar-refractivity contribution >= 4 is 49.1 Å². The molecular formula is C34H31F8N7O3S. The number of nitrogens with two attached hydrogens (primary N) is 1. The maximum absolute atomic E-state index is 15.5. The summed E-state index contributed by atoms with van der Waals surface area (Å²) in [5, 5.41) is 19.2. The van der Waals surface area contributed by atoms with Gasteiger partial charge in [0, 0.05) is 56.4 Å². The van der Waals surface area contributed by atoms with Gasteiger partial charge in [-0.2, -0.15) is 41.6 Å². The maximum Gasteiger partial charge on any atom is 0.419 e. The molecule has 2 aromatic carbocycles. The van der Waals surface area contributed by atoms with E-state index in [1.165, 1.54) is 23.8 Å². The summed E-state index contributed by atoms with van der Waals surface area (Å²) in [5.41, 5.74) is -2.27. The number of aromatic nitrogens is 2. The summed E-state index contributed by atoms with van der Waals surface area (Å²) >= 11 is 0.503. The first kappa shape index (κ1) is 36.8. The molecule has 7 rings (SSSR count). The molecule has 2 aromatic heterocycles. The zero-order valence-corrected chi connectivity index (χ0v) is 28.9. The number of aliphatic hydroxyl groups is 1. The molecule has 1 amide bonds. The zero-order valence-electron chi connectivity index (χ0n) is 28.1. The highest BCUT2D eigenvalue weighted by atomic mass is 32.1. The third kappa shape index (κ3) is 6.13. The largest absolute Gasteiger partial charge is 0.461 e. The Bertz CT molecular complexity index is 2190. The highest BCUT2D eigenvalue weighted by molar-refractivity contribution is 7.23. The highest BCUT2D eigenvalue weighted by Crippen LogP contribution is 2.52. The van der Waals surface area contributed by atoms with Crippen LogP contribution in [0.2, 0.25) is 0 Å². The SMILES string of the molecule is CC(=O)N1C[C@@H](O)[C@@H](N(C)c2nc(OC[C@@]34CCCN3C[C@H](F)C4)nc3c(C(F)(F)F)c(-c4ccc(F)c5sc(N)c(C#N)c45)c(C(F)(F)F)cc23)C1. The van der Waals surface area contributed by atoms with Crippen molar-refractivity contribution in [1.29, 1.82) is 5.26 Å². The van der Waals surface area contributed by atoms with Gasteiger partial charge in [-0.3, -0.25) is 9.69 Å². The lowest BCUT2D eigenvalue weighted by Crippen LogP contribution is -2.44. The van der Waals surface area contributed by atoms with Crippen LogP contribution < -0.4 is 15.4 Å². The van der Waals surface area contributed by atoms with Crippen molar-refractivity contribution in [3.63, 3.8) is 0 Å². The number of nitrogen functional groups attached to an aromatic ring is 1. The standard InChI is InChI=1S/C34H31F8N7O3S/c1-15(50)48-12-22(23(51)13-48)47(2)30-18-8-20(33(37,38)39)25(17-4-5-21(36)28-24(17)19(10-43)29(44)53-28)26(34(40,41)42)27(18)45-31(46-30)52-14-32-6-3-7-49(32)11-16(35)9-32/h4-5,8,16,22-23,51H,3,6-7,9,11-14,44H2,1-2H3/t16-,22+,23-,32+/m1/s1. The third-order valence-corrected chi connectivity index (χ3v) is 11.5. The Morgan fingerprint density at radius 2 is 1.92 bits per heavy atom. The predicted molar refractivity (Wildman–Crippen MR) is 178 cm³/mol. The molecule has 5 heterocycles. The molecule has 0 radical (unpaired) electrons. The van der Waals surface area contributed by atoms with Crippen LogP contribution in [0.1, 0.15) is 42.9 Å². The summed E-state index contributed by atoms with van der Waals surface area (Å²) in [5.74, 6) is -1.90. The average Bonchev–Trinajstić information content (AvgIpc) is 3.82. The Labute approximate surface area is 300 Å². The lowest BCUT2D eigenvalue weighted by molar-refractivity contribution is -0.141. The van der Waals surface area contributed by atoms with Crippen LogP contribution in [0.5, 0.6) is 6.01 Å². The van der Waals surface area contributed by atoms with E-state index in [1.54, 1.807) is 6.07 Å². The van der Waals surface area contributed by atoms with E-state index in [-0.39, 0.29) is 37.7 Å². The number of amides is 1. The van der Waals surface area contributed by atoms with Crippen LogP contribution in [-0.2, 0) is 17.1 Å². The number of fused-ring (bicyclic) bond motifs is 3. The molecule has 0 unspecified atom stereocenters. The fraction of sp³-hybridized carbons (Fsp3) is 0.471. The summed E-state index contributed by atoms with van der Waals surface area (Å²) in [6.45, 7) is 1.42. The van der Waals surface area contributed by atoms with Gasteiger partial charge in [0.25, 0.3) is 0 Å². The van der Waals surface area contributed by atoms with Crippen molar-refractivity contribution in [2.24, 2.45) is 0 Å². The van der Waals surface area contributed by atoms with Gasteiger partial charge in [0.2, 0.25) is 5.91 Å². The molecule has 53 heavy (non-hydrogen) atoms. The highest BCUT2D eigenvalue weighted by Gasteiger charge is 2.50. The van der Waals surface area contributed by atoms with Crippen molar-refractivity contribution in [2.45, 2.75) is 62.4 Å². The van der Waals surface area contributed by atoms with Crippen molar-refractivity contribution < 1.29 is 49.8 Å². The molecule has 0 spiro atoms. The van der Waals surface area contributed by atoms with Crippen molar-refractivity contribution in [3.8, 4) is 23.2 Å². The van der Waals surface area contributed by atoms with Crippen LogP contribution in [0.3, 0.4) is 0 Å². The second-order valence-corrected chi connectivity index (χ2v) is 14.7. The minimum absolute atomic E-state index is 0.0843. The molecule has 0 saturated carbocycles. The van der Waals surface area contributed by atoms with Crippen LogP contribution in [0.4, 0.5) is 45.9 Å². The van der Waals surface area contributed by atoms with Crippen molar-refractivity contribution in [2.75, 3.05) is 50.5 Å². The summed E-state index contributed by atoms with van der Waals surface area (Å²) in [6, 6.07) is 1.86. The number of ether oxygens (including phenoxy) is 1. The first-order chi connectivity index (χ1) is 24.8. The van der Waals surface area contributed by atoms with Gasteiger partial charge in [0.1, 0.15) is 35.5 Å². The number of alkyl halides is 7. The lowest BCUT2D eigenvalue weighted by Gasteiger charge is -2.32. The van der Waals surface area contributed by atoms with Gasteiger partial charge in [-0.05, 0) is 37.1 Å². The number of nitrogens with zero attached hydrogens (tertiary/aromatic N) is 6. The molecule has 3 saturated heterocycles. The first-order valence-corrected chi connectivity index (χ1v) is 17.3. The summed E-state index contributed by atoms with van der Waals surface area (Å²) in [7, 11) is 1.30. The number of benzene rings is 2. The molecule has 19 heteroatoms. The number of halogens is 8. The van der Waals surface area contributed by atoms with Gasteiger partial charge in [0.05, 0.1) is 44.6 Å². The van der Waals surface area contributed by atoms with Gasteiger partial charge in [-0.1, -0.05) is 6.07 Å². The molecule has 0 aliphatic carbocycles. The van der Waals surface area contributed by atoms with E-state index >= 15 is 30.7 Å². The van der Waals surface area contributed by atoms with Gasteiger partial charge >= 0.3 is 18.4 Å². The quantitative estimate of drug-likeness (QED) is 0.223. The fourth-order valence-corrected chi connectivity index (χ4v) is 9.01. The van der Waals surface area contributed by atoms with Gasteiger partial charge in [-0.15, -0.1) is 11.3 Å². The minimum Gasteiger partial charge on any atom is -0.461 e. The molecule has 282 valence electrons. The molecule has 4 atom stereocenters. The summed E-state index contributed by atoms with van der Waals surface area (Å²) in [6.07, 6.45) is -12.2. The number of rotatable bonds is 6. The Balaban J connectivity index is 1.53. The van der Waals surface area contributed by atoms with Crippen molar-refractivity contribution in [1.82, 2.24) is 19.8 Å². The number of thiophene rings is 1. The Morgan fingerprint density at radius 1 is 1.19 bits per heavy atom. The van der Waals surface area contributed by atoms with Crippen LogP contribution in [0.25, 0.3) is 32.1 Å². The van der Waals surface area contributed by atoms with Crippen LogP contribution in [-0.4, -0.2) is 94.5 Å². The Morgan fingerprint density at radius 3 is 2.57 bits per heavy atom. The number of likely N-dealkylation sites (N-methyl/N-ethyl adjacent to an activating group) is 1. The van der Waals surface area contributed by atoms with Crippen LogP contribution in [0, 0.1) is 17.1 Å². The van der Waals surface area contributed by atoms with Crippen LogP contribution >= 0.6 is 11.3 Å². The molecule has 3 aliphatic rings. The number of aliphatic hydroxyl groups excluding tert-OH is 1. The second kappa shape index (κ2) is 12.8. The minimum atomic E-state index is -5.56. The van der Waals surface area contributed by atoms with E-state index in [2.05, 4.69) is 9.97 Å². The first-order valence-electron chi connectivity index (χ1n) is 16.5. The monoisotopic (exact) mass is 769 g/mol. The molecule has 10 nitrogen and oxygen atoms in total. The fourth-order valence-electron chi connectivity index (χ4n) is 8.06. The topological polar surface area (TPSA) is 132 Å². The number of carbonyl (C=O) groups excluding carboxylic acids is 1. The number of hydrogen-bond acceptors (Lipinski definition) is 10. The Kier molecular flexibility index (Phi) is 8.89. The van der Waals surface area contributed by atoms with Crippen molar-refractivity contribution in [3.05, 3.63) is 40.7 Å². The van der Waals surface area contributed by atoms with E-state index in [0.29, 0.717) is 42.9 Å². The lowest BCUT2D eigenvalue weighted by atomic mass is 9.88. The maximum atomic E-state index is 15.5. The predicted octanol–water partition coefficient (Wildman–Crippen LogP) is 6.13. The molecule has 0 bridgehead atoms. The number of anilines is 2. The zero-order chi connectivity index (χ0) is 38.4. The normalized spacial score (nSPS) is 23.6. The van der Waals surface area contributed by atoms with Gasteiger partial charge in [0.15, 0.2) is 0 Å². The number of nitriles is 1. The van der Waals surface area contributed by atoms with Gasteiger partial charge in [-0.25, -0.2) is 8.78 Å².